The van der Waals surface area contributed by atoms with E-state index in [1.807, 2.05) is 18.7 Å². The number of likely N-dealkylation sites (tertiary alicyclic amines) is 1. The fourth-order valence-electron chi connectivity index (χ4n) is 4.23. The molecule has 2 aliphatic rings. The van der Waals surface area contributed by atoms with Crippen LogP contribution in [0, 0.1) is 5.92 Å². The lowest BCUT2D eigenvalue weighted by atomic mass is 9.98. The number of rotatable bonds is 7. The van der Waals surface area contributed by atoms with Gasteiger partial charge in [0.1, 0.15) is 11.0 Å². The van der Waals surface area contributed by atoms with E-state index in [1.54, 1.807) is 17.9 Å². The van der Waals surface area contributed by atoms with E-state index in [0.29, 0.717) is 61.9 Å². The van der Waals surface area contributed by atoms with E-state index in [4.69, 9.17) is 16.3 Å². The van der Waals surface area contributed by atoms with Crippen molar-refractivity contribution in [2.75, 3.05) is 50.0 Å². The van der Waals surface area contributed by atoms with Crippen LogP contribution in [0.1, 0.15) is 40.0 Å². The number of esters is 1. The minimum Gasteiger partial charge on any atom is -0.466 e. The number of carbonyl (C=O) groups is 3. The van der Waals surface area contributed by atoms with Gasteiger partial charge in [0, 0.05) is 51.3 Å². The number of aromatic nitrogens is 2. The molecule has 2 fully saturated rings. The molecule has 3 heterocycles. The Hall–Kier alpha value is -2.07. The van der Waals surface area contributed by atoms with Crippen molar-refractivity contribution >= 4 is 47.0 Å². The lowest BCUT2D eigenvalue weighted by molar-refractivity contribution is -0.151. The first-order chi connectivity index (χ1) is 15.8. The molecule has 2 amide bonds. The van der Waals surface area contributed by atoms with Gasteiger partial charge in [-0.15, -0.1) is 0 Å². The monoisotopic (exact) mass is 497 g/mol. The molecular formula is C22H32ClN5O4S. The van der Waals surface area contributed by atoms with Gasteiger partial charge in [-0.1, -0.05) is 30.3 Å². The number of carbonyl (C=O) groups excluding carboxylic acids is 3. The minimum absolute atomic E-state index is 0.0561. The van der Waals surface area contributed by atoms with Gasteiger partial charge in [-0.25, -0.2) is 9.97 Å². The molecule has 2 aliphatic heterocycles. The Labute approximate surface area is 204 Å². The summed E-state index contributed by atoms with van der Waals surface area (Å²) < 4.78 is 5.11. The Morgan fingerprint density at radius 2 is 1.94 bits per heavy atom. The summed E-state index contributed by atoms with van der Waals surface area (Å²) in [5.41, 5.74) is 0. The molecule has 9 nitrogen and oxygen atoms in total. The average molecular weight is 498 g/mol. The van der Waals surface area contributed by atoms with Crippen LogP contribution >= 0.6 is 23.4 Å². The summed E-state index contributed by atoms with van der Waals surface area (Å²) in [6.45, 7) is 9.00. The minimum atomic E-state index is -0.262. The van der Waals surface area contributed by atoms with Crippen LogP contribution < -0.4 is 4.90 Å². The van der Waals surface area contributed by atoms with E-state index < -0.39 is 0 Å². The maximum absolute atomic E-state index is 12.8. The van der Waals surface area contributed by atoms with Crippen molar-refractivity contribution in [3.63, 3.8) is 0 Å². The van der Waals surface area contributed by atoms with Crippen LogP contribution in [0.5, 0.6) is 0 Å². The summed E-state index contributed by atoms with van der Waals surface area (Å²) >= 11 is 7.49. The van der Waals surface area contributed by atoms with Crippen molar-refractivity contribution in [1.82, 2.24) is 19.8 Å². The topological polar surface area (TPSA) is 95.9 Å². The van der Waals surface area contributed by atoms with Gasteiger partial charge in [0.2, 0.25) is 11.8 Å². The molecule has 2 unspecified atom stereocenters. The zero-order chi connectivity index (χ0) is 24.0. The maximum Gasteiger partial charge on any atom is 0.310 e. The lowest BCUT2D eigenvalue weighted by Gasteiger charge is -2.40. The number of thioether (sulfide) groups is 1. The van der Waals surface area contributed by atoms with Crippen LogP contribution in [0.2, 0.25) is 5.15 Å². The number of ether oxygens (including phenoxy) is 1. The summed E-state index contributed by atoms with van der Waals surface area (Å²) in [4.78, 5) is 51.5. The first-order valence-corrected chi connectivity index (χ1v) is 12.8. The van der Waals surface area contributed by atoms with E-state index in [0.717, 1.165) is 12.8 Å². The van der Waals surface area contributed by atoms with E-state index >= 15 is 0 Å². The molecule has 0 N–H and O–H groups in total. The Morgan fingerprint density at radius 1 is 1.15 bits per heavy atom. The lowest BCUT2D eigenvalue weighted by Crippen LogP contribution is -2.54. The van der Waals surface area contributed by atoms with Crippen molar-refractivity contribution in [3.05, 3.63) is 11.2 Å². The SMILES string of the molecule is CCOC(=O)C1CCCN(C(=O)CSc2nc(Cl)cc(N3CCN(C(=O)CC)C(C)C3)n2)C1. The molecule has 33 heavy (non-hydrogen) atoms. The van der Waals surface area contributed by atoms with Crippen molar-refractivity contribution in [2.45, 2.75) is 51.2 Å². The predicted molar refractivity (Wildman–Crippen MR) is 127 cm³/mol. The summed E-state index contributed by atoms with van der Waals surface area (Å²) in [6.07, 6.45) is 2.02. The Balaban J connectivity index is 1.58. The van der Waals surface area contributed by atoms with Crippen LogP contribution in [-0.4, -0.2) is 88.7 Å². The standard InChI is InChI=1S/C22H32ClN5O4S/c1-4-19(29)28-10-9-26(12-15(28)3)18-11-17(23)24-22(25-18)33-14-20(30)27-8-6-7-16(13-27)21(31)32-5-2/h11,15-16H,4-10,12-14H2,1-3H3. The highest BCUT2D eigenvalue weighted by molar-refractivity contribution is 7.99. The normalized spacial score (nSPS) is 21.2. The zero-order valence-corrected chi connectivity index (χ0v) is 21.0. The molecule has 0 aromatic carbocycles. The smallest absolute Gasteiger partial charge is 0.310 e. The largest absolute Gasteiger partial charge is 0.466 e. The third-order valence-corrected chi connectivity index (χ3v) is 6.98. The fourth-order valence-corrected chi connectivity index (χ4v) is 5.21. The van der Waals surface area contributed by atoms with Gasteiger partial charge in [0.15, 0.2) is 5.16 Å². The molecule has 1 aromatic heterocycles. The Morgan fingerprint density at radius 3 is 2.64 bits per heavy atom. The van der Waals surface area contributed by atoms with Crippen molar-refractivity contribution in [3.8, 4) is 0 Å². The molecule has 0 aliphatic carbocycles. The van der Waals surface area contributed by atoms with Gasteiger partial charge in [0.05, 0.1) is 18.3 Å². The second-order valence-electron chi connectivity index (χ2n) is 8.29. The van der Waals surface area contributed by atoms with Crippen LogP contribution in [0.4, 0.5) is 5.82 Å². The summed E-state index contributed by atoms with van der Waals surface area (Å²) in [7, 11) is 0. The molecule has 11 heteroatoms. The van der Waals surface area contributed by atoms with Crippen LogP contribution in [0.15, 0.2) is 11.2 Å². The maximum atomic E-state index is 12.8. The highest BCUT2D eigenvalue weighted by atomic mass is 35.5. The second-order valence-corrected chi connectivity index (χ2v) is 9.62. The van der Waals surface area contributed by atoms with Gasteiger partial charge in [0.25, 0.3) is 0 Å². The van der Waals surface area contributed by atoms with Gasteiger partial charge in [-0.2, -0.15) is 0 Å². The number of piperidine rings is 1. The van der Waals surface area contributed by atoms with E-state index in [1.165, 1.54) is 11.8 Å². The molecule has 0 radical (unpaired) electrons. The fraction of sp³-hybridized carbons (Fsp3) is 0.682. The molecule has 3 rings (SSSR count). The number of piperazine rings is 1. The van der Waals surface area contributed by atoms with Crippen molar-refractivity contribution in [1.29, 1.82) is 0 Å². The van der Waals surface area contributed by atoms with Gasteiger partial charge < -0.3 is 19.4 Å². The van der Waals surface area contributed by atoms with Gasteiger partial charge in [-0.3, -0.25) is 14.4 Å². The quantitative estimate of drug-likeness (QED) is 0.245. The molecule has 2 saturated heterocycles. The number of halogens is 1. The Bertz CT molecular complexity index is 873. The van der Waals surface area contributed by atoms with Gasteiger partial charge in [-0.05, 0) is 26.7 Å². The van der Waals surface area contributed by atoms with Crippen LogP contribution in [-0.2, 0) is 19.1 Å². The summed E-state index contributed by atoms with van der Waals surface area (Å²) in [5.74, 6) is 0.466. The molecule has 0 bridgehead atoms. The van der Waals surface area contributed by atoms with Crippen LogP contribution in [0.25, 0.3) is 0 Å². The van der Waals surface area contributed by atoms with Crippen LogP contribution in [0.3, 0.4) is 0 Å². The van der Waals surface area contributed by atoms with E-state index in [2.05, 4.69) is 14.9 Å². The molecule has 2 atom stereocenters. The highest BCUT2D eigenvalue weighted by Crippen LogP contribution is 2.25. The molecule has 0 spiro atoms. The van der Waals surface area contributed by atoms with Crippen molar-refractivity contribution in [2.24, 2.45) is 5.92 Å². The summed E-state index contributed by atoms with van der Waals surface area (Å²) in [6, 6.07) is 1.79. The predicted octanol–water partition coefficient (Wildman–Crippen LogP) is 2.47. The number of amides is 2. The first-order valence-electron chi connectivity index (χ1n) is 11.5. The number of anilines is 1. The first kappa shape index (κ1) is 25.6. The third-order valence-electron chi connectivity index (χ3n) is 5.95. The molecule has 0 saturated carbocycles. The van der Waals surface area contributed by atoms with Gasteiger partial charge >= 0.3 is 5.97 Å². The molecule has 1 aromatic rings. The number of nitrogens with zero attached hydrogens (tertiary/aromatic N) is 5. The van der Waals surface area contributed by atoms with E-state index in [-0.39, 0.29) is 35.5 Å². The Kier molecular flexibility index (Phi) is 9.19. The molecule has 182 valence electrons. The van der Waals surface area contributed by atoms with Crippen molar-refractivity contribution < 1.29 is 19.1 Å². The zero-order valence-electron chi connectivity index (χ0n) is 19.5. The number of hydrogen-bond acceptors (Lipinski definition) is 8. The highest BCUT2D eigenvalue weighted by Gasteiger charge is 2.30. The molecular weight excluding hydrogens is 466 g/mol. The van der Waals surface area contributed by atoms with E-state index in [9.17, 15) is 14.4 Å². The number of hydrogen-bond donors (Lipinski definition) is 0. The average Bonchev–Trinajstić information content (AvgIpc) is 2.82. The summed E-state index contributed by atoms with van der Waals surface area (Å²) in [5, 5.41) is 0.750. The second kappa shape index (κ2) is 11.9. The third kappa shape index (κ3) is 6.72.